The quantitative estimate of drug-likeness (QED) is 0.123. The monoisotopic (exact) mass is 493 g/mol. The van der Waals surface area contributed by atoms with Gasteiger partial charge in [0.05, 0.1) is 12.7 Å². The van der Waals surface area contributed by atoms with E-state index in [1.807, 2.05) is 0 Å². The molecule has 9 unspecified atom stereocenters. The molecule has 34 heavy (non-hydrogen) atoms. The molecule has 0 amide bonds. The minimum absolute atomic E-state index is 0.0265. The minimum Gasteiger partial charge on any atom is -0.294 e. The second-order valence-electron chi connectivity index (χ2n) is 12.7. The van der Waals surface area contributed by atoms with Gasteiger partial charge < -0.3 is 0 Å². The number of hydrogen-bond acceptors (Lipinski definition) is 4. The molecule has 0 aromatic rings. The van der Waals surface area contributed by atoms with Crippen LogP contribution in [0.4, 0.5) is 0 Å². The zero-order valence-electron chi connectivity index (χ0n) is 22.0. The zero-order chi connectivity index (χ0) is 24.0. The molecule has 0 spiro atoms. The lowest BCUT2D eigenvalue weighted by Gasteiger charge is -2.58. The van der Waals surface area contributed by atoms with Crippen molar-refractivity contribution in [3.05, 3.63) is 11.6 Å². The number of rotatable bonds is 8. The number of hydrogen-bond donors (Lipinski definition) is 1. The number of unbranched alkanes of at least 4 members (excludes halogenated alkanes) is 2. The van der Waals surface area contributed by atoms with Gasteiger partial charge in [0.25, 0.3) is 0 Å². The lowest BCUT2D eigenvalue weighted by molar-refractivity contribution is -0.258. The summed E-state index contributed by atoms with van der Waals surface area (Å²) in [5.74, 6) is 4.35. The third kappa shape index (κ3) is 4.51. The molecule has 5 aliphatic rings. The first-order chi connectivity index (χ1) is 16.3. The minimum atomic E-state index is -3.25. The number of allylic oxidation sites excluding steroid dienone is 1. The average molecular weight is 494 g/mol. The Morgan fingerprint density at radius 3 is 2.79 bits per heavy atom. The van der Waals surface area contributed by atoms with Crippen molar-refractivity contribution in [3.63, 3.8) is 0 Å². The Morgan fingerprint density at radius 2 is 2.03 bits per heavy atom. The zero-order valence-corrected chi connectivity index (χ0v) is 22.9. The van der Waals surface area contributed by atoms with Crippen molar-refractivity contribution in [2.45, 2.75) is 111 Å². The van der Waals surface area contributed by atoms with Crippen LogP contribution in [0.2, 0.25) is 0 Å². The fourth-order valence-corrected chi connectivity index (χ4v) is 10.3. The van der Waals surface area contributed by atoms with Crippen LogP contribution in [0.25, 0.3) is 0 Å². The molecule has 5 rings (SSSR count). The number of nitrogens with one attached hydrogen (secondary N) is 1. The van der Waals surface area contributed by atoms with Gasteiger partial charge in [-0.1, -0.05) is 65.0 Å². The van der Waals surface area contributed by atoms with Gasteiger partial charge in [-0.2, -0.15) is 0 Å². The predicted octanol–water partition coefficient (Wildman–Crippen LogP) is 7.83. The molecular formula is C28H48NO4P. The molecule has 1 heterocycles. The maximum absolute atomic E-state index is 12.4. The van der Waals surface area contributed by atoms with Crippen molar-refractivity contribution in [1.29, 1.82) is 0 Å². The number of fused-ring (bicyclic) bond motifs is 5. The van der Waals surface area contributed by atoms with Crippen LogP contribution in [0.5, 0.6) is 0 Å². The van der Waals surface area contributed by atoms with Gasteiger partial charge in [0.15, 0.2) is 0 Å². The van der Waals surface area contributed by atoms with E-state index in [2.05, 4.69) is 38.9 Å². The molecule has 5 nitrogen and oxygen atoms in total. The van der Waals surface area contributed by atoms with Crippen LogP contribution in [-0.2, 0) is 18.7 Å². The van der Waals surface area contributed by atoms with E-state index in [0.29, 0.717) is 24.0 Å². The third-order valence-electron chi connectivity index (χ3n) is 11.0. The molecule has 1 saturated heterocycles. The first-order valence-electron chi connectivity index (χ1n) is 14.3. The fourth-order valence-electron chi connectivity index (χ4n) is 9.16. The first kappa shape index (κ1) is 25.5. The van der Waals surface area contributed by atoms with Gasteiger partial charge in [-0.25, -0.2) is 14.5 Å². The lowest BCUT2D eigenvalue weighted by Crippen LogP contribution is -2.51. The van der Waals surface area contributed by atoms with Crippen molar-refractivity contribution in [2.75, 3.05) is 13.2 Å². The van der Waals surface area contributed by atoms with E-state index in [1.165, 1.54) is 57.8 Å². The van der Waals surface area contributed by atoms with Crippen LogP contribution >= 0.6 is 7.75 Å². The molecule has 1 N–H and O–H groups in total. The molecule has 9 atom stereocenters. The molecule has 0 aromatic carbocycles. The van der Waals surface area contributed by atoms with Gasteiger partial charge in [-0.15, -0.1) is 4.67 Å². The Kier molecular flexibility index (Phi) is 7.44. The Hall–Kier alpha value is -0.190. The highest BCUT2D eigenvalue weighted by Crippen LogP contribution is 2.67. The molecule has 6 heteroatoms. The van der Waals surface area contributed by atoms with E-state index in [1.54, 1.807) is 5.57 Å². The largest absolute Gasteiger partial charge is 0.432 e. The van der Waals surface area contributed by atoms with Crippen LogP contribution in [0, 0.1) is 40.4 Å². The van der Waals surface area contributed by atoms with E-state index in [0.717, 1.165) is 48.9 Å². The maximum Gasteiger partial charge on any atom is 0.432 e. The van der Waals surface area contributed by atoms with Crippen molar-refractivity contribution in [3.8, 4) is 0 Å². The van der Waals surface area contributed by atoms with Gasteiger partial charge in [0.2, 0.25) is 0 Å². The smallest absolute Gasteiger partial charge is 0.294 e. The third-order valence-corrected chi connectivity index (χ3v) is 12.4. The molecule has 4 aliphatic carbocycles. The summed E-state index contributed by atoms with van der Waals surface area (Å²) < 4.78 is 22.9. The normalized spacial score (nSPS) is 46.9. The molecule has 0 radical (unpaired) electrons. The van der Waals surface area contributed by atoms with E-state index in [4.69, 9.17) is 14.1 Å². The molecule has 194 valence electrons. The van der Waals surface area contributed by atoms with Gasteiger partial charge >= 0.3 is 7.75 Å². The summed E-state index contributed by atoms with van der Waals surface area (Å²) in [5, 5.41) is 2.80. The molecule has 4 fully saturated rings. The Labute approximate surface area is 207 Å². The van der Waals surface area contributed by atoms with E-state index >= 15 is 0 Å². The Morgan fingerprint density at radius 1 is 1.18 bits per heavy atom. The summed E-state index contributed by atoms with van der Waals surface area (Å²) in [6.07, 6.45) is 18.1. The van der Waals surface area contributed by atoms with Crippen molar-refractivity contribution in [2.24, 2.45) is 40.4 Å². The molecule has 1 aliphatic heterocycles. The first-order valence-corrected chi connectivity index (χ1v) is 15.9. The van der Waals surface area contributed by atoms with Crippen molar-refractivity contribution >= 4 is 7.75 Å². The highest BCUT2D eigenvalue weighted by atomic mass is 31.2. The molecule has 0 aromatic heterocycles. The van der Waals surface area contributed by atoms with E-state index < -0.39 is 7.75 Å². The van der Waals surface area contributed by atoms with E-state index in [-0.39, 0.29) is 6.10 Å². The van der Waals surface area contributed by atoms with Gasteiger partial charge in [-0.3, -0.25) is 4.52 Å². The maximum atomic E-state index is 12.4. The van der Waals surface area contributed by atoms with Crippen molar-refractivity contribution < 1.29 is 18.7 Å². The van der Waals surface area contributed by atoms with Crippen molar-refractivity contribution in [1.82, 2.24) is 5.09 Å². The van der Waals surface area contributed by atoms with Gasteiger partial charge in [0.1, 0.15) is 0 Å². The summed E-state index contributed by atoms with van der Waals surface area (Å²) in [6, 6.07) is 0. The SMILES string of the molecule is CCCCCC(C)C1CCC2C3CC=C4CC(OOP5(=O)NCCO5)CCC4(C)C3CCC12C. The molecular weight excluding hydrogens is 445 g/mol. The topological polar surface area (TPSA) is 56.8 Å². The second kappa shape index (κ2) is 9.93. The van der Waals surface area contributed by atoms with Crippen LogP contribution in [0.15, 0.2) is 11.6 Å². The Balaban J connectivity index is 1.24. The summed E-state index contributed by atoms with van der Waals surface area (Å²) in [7, 11) is -3.25. The fraction of sp³-hybridized carbons (Fsp3) is 0.929. The standard InChI is InChI=1S/C28H48NO4P/c1-5-6-7-8-20(2)24-11-12-25-23-10-9-21-19-22(32-33-34(30)29-17-18-31-34)13-15-27(21,3)26(23)14-16-28(24,25)4/h9,20,22-26H,5-8,10-19H2,1-4H3,(H,29,30). The summed E-state index contributed by atoms with van der Waals surface area (Å²) in [6.45, 7) is 11.1. The van der Waals surface area contributed by atoms with Crippen LogP contribution < -0.4 is 5.09 Å². The van der Waals surface area contributed by atoms with E-state index in [9.17, 15) is 4.57 Å². The highest BCUT2D eigenvalue weighted by molar-refractivity contribution is 7.51. The molecule has 0 bridgehead atoms. The predicted molar refractivity (Wildman–Crippen MR) is 136 cm³/mol. The summed E-state index contributed by atoms with van der Waals surface area (Å²) in [5.41, 5.74) is 2.41. The molecule has 3 saturated carbocycles. The van der Waals surface area contributed by atoms with Crippen LogP contribution in [0.1, 0.15) is 105 Å². The highest BCUT2D eigenvalue weighted by Gasteiger charge is 2.59. The summed E-state index contributed by atoms with van der Waals surface area (Å²) in [4.78, 5) is 5.67. The average Bonchev–Trinajstić information content (AvgIpc) is 3.41. The van der Waals surface area contributed by atoms with Gasteiger partial charge in [-0.05, 0) is 91.8 Å². The Bertz CT molecular complexity index is 806. The second-order valence-corrected chi connectivity index (χ2v) is 14.5. The van der Waals surface area contributed by atoms with Crippen LogP contribution in [0.3, 0.4) is 0 Å². The summed E-state index contributed by atoms with van der Waals surface area (Å²) >= 11 is 0. The van der Waals surface area contributed by atoms with Crippen LogP contribution in [-0.4, -0.2) is 19.3 Å². The van der Waals surface area contributed by atoms with Gasteiger partial charge in [0, 0.05) is 6.54 Å². The lowest BCUT2D eigenvalue weighted by atomic mass is 9.47.